The second-order valence-electron chi connectivity index (χ2n) is 2.84. The monoisotopic (exact) mass is 129 g/mol. The van der Waals surface area contributed by atoms with Gasteiger partial charge in [0.25, 0.3) is 0 Å². The number of rotatable bonds is 1. The Morgan fingerprint density at radius 1 is 1.56 bits per heavy atom. The van der Waals surface area contributed by atoms with E-state index in [0.717, 1.165) is 19.6 Å². The van der Waals surface area contributed by atoms with Crippen molar-refractivity contribution < 1.29 is 4.74 Å². The lowest BCUT2D eigenvalue weighted by atomic mass is 10.1. The van der Waals surface area contributed by atoms with Crippen LogP contribution in [0.15, 0.2) is 0 Å². The van der Waals surface area contributed by atoms with Gasteiger partial charge in [-0.1, -0.05) is 13.8 Å². The fourth-order valence-electron chi connectivity index (χ4n) is 1.01. The average molecular weight is 129 g/mol. The molecule has 2 nitrogen and oxygen atoms in total. The summed E-state index contributed by atoms with van der Waals surface area (Å²) in [7, 11) is 0. The maximum absolute atomic E-state index is 5.43. The lowest BCUT2D eigenvalue weighted by Crippen LogP contribution is -2.41. The van der Waals surface area contributed by atoms with Crippen LogP contribution < -0.4 is 5.32 Å². The van der Waals surface area contributed by atoms with E-state index in [1.54, 1.807) is 0 Å². The Morgan fingerprint density at radius 3 is 2.67 bits per heavy atom. The first-order valence-electron chi connectivity index (χ1n) is 3.65. The topological polar surface area (TPSA) is 21.3 Å². The predicted molar refractivity (Wildman–Crippen MR) is 37.2 cm³/mol. The van der Waals surface area contributed by atoms with Crippen molar-refractivity contribution >= 4 is 0 Å². The molecule has 0 amide bonds. The largest absolute Gasteiger partial charge is 0.363 e. The SMILES string of the molecule is CC(C)C1NCCCO1. The second-order valence-corrected chi connectivity index (χ2v) is 2.84. The van der Waals surface area contributed by atoms with Crippen molar-refractivity contribution in [3.05, 3.63) is 0 Å². The van der Waals surface area contributed by atoms with E-state index in [0.29, 0.717) is 12.1 Å². The minimum Gasteiger partial charge on any atom is -0.363 e. The first-order valence-corrected chi connectivity index (χ1v) is 3.65. The molecule has 1 rings (SSSR count). The van der Waals surface area contributed by atoms with Gasteiger partial charge in [0.15, 0.2) is 0 Å². The van der Waals surface area contributed by atoms with Crippen LogP contribution >= 0.6 is 0 Å². The van der Waals surface area contributed by atoms with Gasteiger partial charge in [0.2, 0.25) is 0 Å². The summed E-state index contributed by atoms with van der Waals surface area (Å²) in [5.74, 6) is 0.602. The molecular weight excluding hydrogens is 114 g/mol. The molecule has 1 aliphatic heterocycles. The third-order valence-electron chi connectivity index (χ3n) is 1.57. The molecule has 2 heteroatoms. The summed E-state index contributed by atoms with van der Waals surface area (Å²) in [6, 6.07) is 0. The summed E-state index contributed by atoms with van der Waals surface area (Å²) in [4.78, 5) is 0. The Kier molecular flexibility index (Phi) is 2.49. The van der Waals surface area contributed by atoms with E-state index >= 15 is 0 Å². The van der Waals surface area contributed by atoms with Gasteiger partial charge >= 0.3 is 0 Å². The minimum absolute atomic E-state index is 0.304. The normalized spacial score (nSPS) is 29.0. The molecule has 0 aromatic heterocycles. The summed E-state index contributed by atoms with van der Waals surface area (Å²) >= 11 is 0. The van der Waals surface area contributed by atoms with Gasteiger partial charge in [0.05, 0.1) is 0 Å². The van der Waals surface area contributed by atoms with E-state index in [-0.39, 0.29) is 0 Å². The molecule has 54 valence electrons. The Balaban J connectivity index is 2.23. The van der Waals surface area contributed by atoms with Gasteiger partial charge in [-0.15, -0.1) is 0 Å². The van der Waals surface area contributed by atoms with Crippen molar-refractivity contribution in [1.82, 2.24) is 5.32 Å². The second kappa shape index (κ2) is 3.18. The van der Waals surface area contributed by atoms with Crippen molar-refractivity contribution in [3.8, 4) is 0 Å². The molecule has 0 spiro atoms. The zero-order valence-corrected chi connectivity index (χ0v) is 6.18. The number of ether oxygens (including phenoxy) is 1. The van der Waals surface area contributed by atoms with Gasteiger partial charge in [0.1, 0.15) is 6.23 Å². The molecule has 1 unspecified atom stereocenters. The van der Waals surface area contributed by atoms with Crippen molar-refractivity contribution in [1.29, 1.82) is 0 Å². The van der Waals surface area contributed by atoms with Crippen LogP contribution in [-0.4, -0.2) is 19.4 Å². The third kappa shape index (κ3) is 1.95. The molecule has 1 aliphatic rings. The number of nitrogens with one attached hydrogen (secondary N) is 1. The van der Waals surface area contributed by atoms with Crippen LogP contribution in [0.5, 0.6) is 0 Å². The van der Waals surface area contributed by atoms with E-state index in [1.165, 1.54) is 0 Å². The van der Waals surface area contributed by atoms with Crippen LogP contribution in [0.25, 0.3) is 0 Å². The van der Waals surface area contributed by atoms with E-state index in [2.05, 4.69) is 19.2 Å². The van der Waals surface area contributed by atoms with Crippen LogP contribution in [-0.2, 0) is 4.74 Å². The summed E-state index contributed by atoms with van der Waals surface area (Å²) in [6.45, 7) is 6.38. The van der Waals surface area contributed by atoms with Crippen LogP contribution in [0.4, 0.5) is 0 Å². The Hall–Kier alpha value is -0.0800. The van der Waals surface area contributed by atoms with Gasteiger partial charge in [-0.3, -0.25) is 5.32 Å². The molecule has 1 N–H and O–H groups in total. The van der Waals surface area contributed by atoms with Gasteiger partial charge in [0, 0.05) is 6.61 Å². The van der Waals surface area contributed by atoms with E-state index < -0.39 is 0 Å². The quantitative estimate of drug-likeness (QED) is 0.570. The molecule has 0 bridgehead atoms. The van der Waals surface area contributed by atoms with Gasteiger partial charge < -0.3 is 4.74 Å². The average Bonchev–Trinajstić information content (AvgIpc) is 1.90. The zero-order chi connectivity index (χ0) is 6.69. The molecule has 0 aromatic carbocycles. The first-order chi connectivity index (χ1) is 4.30. The van der Waals surface area contributed by atoms with Crippen molar-refractivity contribution in [2.45, 2.75) is 26.5 Å². The lowest BCUT2D eigenvalue weighted by molar-refractivity contribution is -0.0266. The molecule has 1 heterocycles. The molecule has 0 aromatic rings. The predicted octanol–water partition coefficient (Wildman–Crippen LogP) is 0.978. The van der Waals surface area contributed by atoms with Gasteiger partial charge in [-0.2, -0.15) is 0 Å². The number of hydrogen-bond donors (Lipinski definition) is 1. The van der Waals surface area contributed by atoms with Crippen molar-refractivity contribution in [2.75, 3.05) is 13.2 Å². The molecular formula is C7H15NO. The maximum Gasteiger partial charge on any atom is 0.110 e. The molecule has 0 aliphatic carbocycles. The summed E-state index contributed by atoms with van der Waals surface area (Å²) in [6.07, 6.45) is 1.46. The minimum atomic E-state index is 0.304. The van der Waals surface area contributed by atoms with Gasteiger partial charge in [-0.25, -0.2) is 0 Å². The smallest absolute Gasteiger partial charge is 0.110 e. The summed E-state index contributed by atoms with van der Waals surface area (Å²) in [5.41, 5.74) is 0. The fourth-order valence-corrected chi connectivity index (χ4v) is 1.01. The highest BCUT2D eigenvalue weighted by Gasteiger charge is 2.15. The van der Waals surface area contributed by atoms with Crippen molar-refractivity contribution in [2.24, 2.45) is 5.92 Å². The van der Waals surface area contributed by atoms with Crippen LogP contribution in [0.2, 0.25) is 0 Å². The van der Waals surface area contributed by atoms with E-state index in [4.69, 9.17) is 4.74 Å². The van der Waals surface area contributed by atoms with Crippen LogP contribution in [0, 0.1) is 5.92 Å². The number of hydrogen-bond acceptors (Lipinski definition) is 2. The summed E-state index contributed by atoms with van der Waals surface area (Å²) in [5, 5.41) is 3.30. The molecule has 1 fully saturated rings. The molecule has 9 heavy (non-hydrogen) atoms. The van der Waals surface area contributed by atoms with Crippen LogP contribution in [0.3, 0.4) is 0 Å². The lowest BCUT2D eigenvalue weighted by Gasteiger charge is -2.26. The zero-order valence-electron chi connectivity index (χ0n) is 6.18. The summed E-state index contributed by atoms with van der Waals surface area (Å²) < 4.78 is 5.43. The standard InChI is InChI=1S/C7H15NO/c1-6(2)7-8-4-3-5-9-7/h6-8H,3-5H2,1-2H3. The molecule has 1 atom stereocenters. The first kappa shape index (κ1) is 7.03. The van der Waals surface area contributed by atoms with E-state index in [9.17, 15) is 0 Å². The Bertz CT molecular complexity index is 77.0. The maximum atomic E-state index is 5.43. The molecule has 0 radical (unpaired) electrons. The fraction of sp³-hybridized carbons (Fsp3) is 1.00. The highest BCUT2D eigenvalue weighted by molar-refractivity contribution is 4.63. The third-order valence-corrected chi connectivity index (χ3v) is 1.57. The highest BCUT2D eigenvalue weighted by atomic mass is 16.5. The molecule has 0 saturated carbocycles. The Morgan fingerprint density at radius 2 is 2.33 bits per heavy atom. The van der Waals surface area contributed by atoms with E-state index in [1.807, 2.05) is 0 Å². The van der Waals surface area contributed by atoms with Crippen LogP contribution in [0.1, 0.15) is 20.3 Å². The highest BCUT2D eigenvalue weighted by Crippen LogP contribution is 2.06. The van der Waals surface area contributed by atoms with Crippen molar-refractivity contribution in [3.63, 3.8) is 0 Å². The Labute approximate surface area is 56.6 Å². The molecule has 1 saturated heterocycles. The van der Waals surface area contributed by atoms with Gasteiger partial charge in [-0.05, 0) is 18.9 Å².